The number of fused-ring (bicyclic) bond motifs is 1. The number of nitrogens with two attached hydrogens (primary N) is 2. The number of anilines is 3. The first kappa shape index (κ1) is 17.8. The molecule has 2 heterocycles. The molecule has 2 aromatic carbocycles. The van der Waals surface area contributed by atoms with E-state index in [1.54, 1.807) is 30.7 Å². The van der Waals surface area contributed by atoms with Gasteiger partial charge in [-0.2, -0.15) is 0 Å². The minimum atomic E-state index is -3.74. The Hall–Kier alpha value is -3.63. The maximum absolute atomic E-state index is 11.4. The highest BCUT2D eigenvalue weighted by Gasteiger charge is 2.10. The van der Waals surface area contributed by atoms with Crippen LogP contribution in [0.4, 0.5) is 17.6 Å². The molecule has 0 spiro atoms. The van der Waals surface area contributed by atoms with Crippen LogP contribution in [-0.4, -0.2) is 28.4 Å². The molecule has 0 aliphatic heterocycles. The summed E-state index contributed by atoms with van der Waals surface area (Å²) in [6, 6.07) is 11.7. The first-order chi connectivity index (χ1) is 13.4. The molecule has 10 heteroatoms. The summed E-state index contributed by atoms with van der Waals surface area (Å²) in [5.41, 5.74) is 8.52. The molecule has 0 bridgehead atoms. The predicted octanol–water partition coefficient (Wildman–Crippen LogP) is 2.06. The molecular weight excluding hydrogens is 378 g/mol. The Morgan fingerprint density at radius 2 is 1.61 bits per heavy atom. The van der Waals surface area contributed by atoms with E-state index >= 15 is 0 Å². The second-order valence-corrected chi connectivity index (χ2v) is 7.52. The van der Waals surface area contributed by atoms with E-state index in [1.807, 2.05) is 18.2 Å². The van der Waals surface area contributed by atoms with Crippen LogP contribution in [-0.2, 0) is 10.0 Å². The van der Waals surface area contributed by atoms with Gasteiger partial charge in [-0.1, -0.05) is 18.2 Å². The van der Waals surface area contributed by atoms with Crippen molar-refractivity contribution in [2.24, 2.45) is 5.14 Å². The van der Waals surface area contributed by atoms with Gasteiger partial charge in [0.1, 0.15) is 0 Å². The van der Waals surface area contributed by atoms with E-state index in [0.717, 1.165) is 22.0 Å². The second-order valence-electron chi connectivity index (χ2n) is 5.96. The van der Waals surface area contributed by atoms with Crippen LogP contribution in [0.15, 0.2) is 66.0 Å². The summed E-state index contributed by atoms with van der Waals surface area (Å²) in [5, 5.41) is 9.02. The van der Waals surface area contributed by atoms with E-state index in [9.17, 15) is 8.42 Å². The zero-order valence-corrected chi connectivity index (χ0v) is 15.3. The zero-order chi connectivity index (χ0) is 19.7. The van der Waals surface area contributed by atoms with E-state index in [-0.39, 0.29) is 10.8 Å². The fourth-order valence-corrected chi connectivity index (χ4v) is 3.20. The van der Waals surface area contributed by atoms with Crippen LogP contribution >= 0.6 is 0 Å². The normalized spacial score (nSPS) is 11.5. The largest absolute Gasteiger partial charge is 0.368 e. The summed E-state index contributed by atoms with van der Waals surface area (Å²) >= 11 is 0. The number of primary sulfonamides is 1. The van der Waals surface area contributed by atoms with Crippen molar-refractivity contribution in [3.63, 3.8) is 0 Å². The highest BCUT2D eigenvalue weighted by atomic mass is 32.2. The maximum Gasteiger partial charge on any atom is 0.238 e. The zero-order valence-electron chi connectivity index (χ0n) is 14.4. The van der Waals surface area contributed by atoms with Crippen molar-refractivity contribution >= 4 is 38.5 Å². The molecule has 140 valence electrons. The van der Waals surface area contributed by atoms with Gasteiger partial charge >= 0.3 is 0 Å². The number of para-hydroxylation sites is 1. The summed E-state index contributed by atoms with van der Waals surface area (Å²) < 4.78 is 22.7. The van der Waals surface area contributed by atoms with Gasteiger partial charge in [0.15, 0.2) is 0 Å². The molecule has 0 aliphatic rings. The Balaban J connectivity index is 1.71. The third kappa shape index (κ3) is 3.59. The third-order valence-electron chi connectivity index (χ3n) is 4.03. The topological polar surface area (TPSA) is 150 Å². The van der Waals surface area contributed by atoms with Gasteiger partial charge in [0.25, 0.3) is 0 Å². The van der Waals surface area contributed by atoms with Crippen LogP contribution in [0, 0.1) is 0 Å². The molecule has 0 fully saturated rings. The Bertz CT molecular complexity index is 1260. The molecule has 2 aromatic heterocycles. The van der Waals surface area contributed by atoms with Gasteiger partial charge in [-0.25, -0.2) is 33.5 Å². The van der Waals surface area contributed by atoms with Gasteiger partial charge in [-0.3, -0.25) is 0 Å². The van der Waals surface area contributed by atoms with Crippen LogP contribution in [0.1, 0.15) is 0 Å². The van der Waals surface area contributed by atoms with Crippen LogP contribution in [0.3, 0.4) is 0 Å². The molecule has 28 heavy (non-hydrogen) atoms. The first-order valence-corrected chi connectivity index (χ1v) is 9.68. The number of rotatable bonds is 4. The molecule has 0 aliphatic carbocycles. The van der Waals surface area contributed by atoms with Gasteiger partial charge < -0.3 is 11.1 Å². The number of sulfonamides is 1. The van der Waals surface area contributed by atoms with Gasteiger partial charge in [-0.15, -0.1) is 0 Å². The lowest BCUT2D eigenvalue weighted by Crippen LogP contribution is -2.11. The molecule has 5 N–H and O–H groups in total. The average molecular weight is 393 g/mol. The van der Waals surface area contributed by atoms with E-state index < -0.39 is 10.0 Å². The van der Waals surface area contributed by atoms with Crippen molar-refractivity contribution < 1.29 is 8.42 Å². The minimum absolute atomic E-state index is 0.0307. The maximum atomic E-state index is 11.4. The SMILES string of the molecule is Nc1ncc(-c2cccc3cnc(Nc4ccc(S(N)(=O)=O)cc4)nc23)cn1. The number of nitrogens with zero attached hydrogens (tertiary/aromatic N) is 4. The Labute approximate surface area is 160 Å². The molecule has 4 rings (SSSR count). The standard InChI is InChI=1S/C18H15N7O2S/c19-17-21-9-12(10-22-17)15-3-1-2-11-8-23-18(25-16(11)15)24-13-4-6-14(7-5-13)28(20,26)27/h1-10H,(H2,19,21,22)(H2,20,26,27)(H,23,24,25). The molecule has 0 unspecified atom stereocenters. The molecule has 0 saturated heterocycles. The van der Waals surface area contributed by atoms with Gasteiger partial charge in [0.05, 0.1) is 10.4 Å². The van der Waals surface area contributed by atoms with Gasteiger partial charge in [0, 0.05) is 40.8 Å². The quantitative estimate of drug-likeness (QED) is 0.477. The molecule has 0 atom stereocenters. The van der Waals surface area contributed by atoms with Crippen molar-refractivity contribution in [3.05, 3.63) is 61.1 Å². The summed E-state index contributed by atoms with van der Waals surface area (Å²) in [6.07, 6.45) is 4.97. The van der Waals surface area contributed by atoms with Crippen LogP contribution in [0.2, 0.25) is 0 Å². The lowest BCUT2D eigenvalue weighted by molar-refractivity contribution is 0.598. The van der Waals surface area contributed by atoms with Crippen LogP contribution in [0.5, 0.6) is 0 Å². The number of nitrogens with one attached hydrogen (secondary N) is 1. The number of hydrogen-bond acceptors (Lipinski definition) is 8. The highest BCUT2D eigenvalue weighted by molar-refractivity contribution is 7.89. The molecule has 0 saturated carbocycles. The van der Waals surface area contributed by atoms with Crippen molar-refractivity contribution in [2.45, 2.75) is 4.90 Å². The lowest BCUT2D eigenvalue weighted by atomic mass is 10.1. The Kier molecular flexibility index (Phi) is 4.34. The average Bonchev–Trinajstić information content (AvgIpc) is 2.68. The Morgan fingerprint density at radius 1 is 0.893 bits per heavy atom. The smallest absolute Gasteiger partial charge is 0.238 e. The molecule has 9 nitrogen and oxygen atoms in total. The lowest BCUT2D eigenvalue weighted by Gasteiger charge is -2.09. The fraction of sp³-hybridized carbons (Fsp3) is 0. The second kappa shape index (κ2) is 6.83. The number of hydrogen-bond donors (Lipinski definition) is 3. The summed E-state index contributed by atoms with van der Waals surface area (Å²) in [4.78, 5) is 17.0. The molecular formula is C18H15N7O2S. The summed E-state index contributed by atoms with van der Waals surface area (Å²) in [5.74, 6) is 0.559. The summed E-state index contributed by atoms with van der Waals surface area (Å²) in [7, 11) is -3.74. The van der Waals surface area contributed by atoms with Gasteiger partial charge in [0.2, 0.25) is 21.9 Å². The van der Waals surface area contributed by atoms with E-state index in [4.69, 9.17) is 10.9 Å². The third-order valence-corrected chi connectivity index (χ3v) is 4.96. The van der Waals surface area contributed by atoms with Gasteiger partial charge in [-0.05, 0) is 24.3 Å². The first-order valence-electron chi connectivity index (χ1n) is 8.14. The number of aromatic nitrogens is 4. The molecule has 0 amide bonds. The minimum Gasteiger partial charge on any atom is -0.368 e. The molecule has 0 radical (unpaired) electrons. The van der Waals surface area contributed by atoms with Crippen molar-refractivity contribution in [3.8, 4) is 11.1 Å². The van der Waals surface area contributed by atoms with Crippen molar-refractivity contribution in [1.29, 1.82) is 0 Å². The monoisotopic (exact) mass is 393 g/mol. The number of benzene rings is 2. The fourth-order valence-electron chi connectivity index (χ4n) is 2.68. The molecule has 4 aromatic rings. The van der Waals surface area contributed by atoms with E-state index in [1.165, 1.54) is 12.1 Å². The van der Waals surface area contributed by atoms with Crippen LogP contribution in [0.25, 0.3) is 22.0 Å². The van der Waals surface area contributed by atoms with Crippen molar-refractivity contribution in [1.82, 2.24) is 19.9 Å². The Morgan fingerprint density at radius 3 is 2.29 bits per heavy atom. The van der Waals surface area contributed by atoms with E-state index in [0.29, 0.717) is 11.6 Å². The van der Waals surface area contributed by atoms with Crippen molar-refractivity contribution in [2.75, 3.05) is 11.1 Å². The number of nitrogen functional groups attached to an aromatic ring is 1. The van der Waals surface area contributed by atoms with Crippen LogP contribution < -0.4 is 16.2 Å². The predicted molar refractivity (Wildman–Crippen MR) is 106 cm³/mol. The highest BCUT2D eigenvalue weighted by Crippen LogP contribution is 2.27. The summed E-state index contributed by atoms with van der Waals surface area (Å²) in [6.45, 7) is 0. The van der Waals surface area contributed by atoms with E-state index in [2.05, 4.69) is 25.3 Å².